The van der Waals surface area contributed by atoms with Crippen LogP contribution in [-0.4, -0.2) is 265 Å². The number of carbonyl (C=O) groups is 18. The topological polar surface area (TPSA) is 681 Å². The summed E-state index contributed by atoms with van der Waals surface area (Å²) in [5.41, 5.74) is -4.01. The molecule has 0 aliphatic heterocycles. The number of aliphatic carboxylic acids is 9. The largest absolute Gasteiger partial charge is 0.481 e. The summed E-state index contributed by atoms with van der Waals surface area (Å²) < 4.78 is 45.0. The predicted octanol–water partition coefficient (Wildman–Crippen LogP) is 13.7. The standard InChI is InChI=1S/C12H23NO4.C11H21NO4.2C10H19NO4.C10H17NO4.C10H15NO4.C9H17NO4.C9H15NO4.C9H13NO4/c1-4-12(5-2,6-3)17-11(16)13-9-7-8-10(14)15;1-4-11(3,5-2)16-10(15)12-8-6-7-9(13)14;1-7(5-8(12)13)6-11-9(14)15-10(2,3)4;1-10(2,3)15-9(14)11-7-5-4-6-8(12)13;2*1-4-10(2,3)15-9(14)11-7-5-6-8(12)13;1-4-9(2,3)14-8(13)10-6-5-7(11)12;2*1-3-7(2)14-9(13)10-6-4-5-8(11)12/h4-9H2,1-3H3,(H,13,16)(H,14,15);4-8H2,1-3H3,(H,12,15)(H,13,14);7H,5-6H2,1-4H3,(H,11,14)(H,12,13);4-7H2,1-3H3,(H,11,14)(H,12,13);4H,1,5-7H2,2-3H3,(H,11,14)(H,12,13);1H,5-7H2,2-3H3,(H,11,14)(H,12,13);4-6H2,1-3H3,(H,10,13)(H,11,12);3,7H,1,4-6H2,2H3,(H,10,13)(H,11,12);1,7H,4-6H2,2H3,(H,10,13)(H,11,12). The van der Waals surface area contributed by atoms with Gasteiger partial charge in [-0.15, -0.1) is 12.8 Å². The minimum absolute atomic E-state index is 0.0127. The van der Waals surface area contributed by atoms with Crippen LogP contribution in [0, 0.1) is 30.6 Å². The molecule has 0 saturated carbocycles. The Labute approximate surface area is 794 Å². The molecule has 3 unspecified atom stereocenters. The van der Waals surface area contributed by atoms with Crippen LogP contribution in [0.2, 0.25) is 0 Å². The van der Waals surface area contributed by atoms with Crippen LogP contribution in [0.25, 0.3) is 0 Å². The summed E-state index contributed by atoms with van der Waals surface area (Å²) in [5.74, 6) is -3.45. The van der Waals surface area contributed by atoms with E-state index in [-0.39, 0.29) is 89.4 Å². The van der Waals surface area contributed by atoms with E-state index in [1.807, 2.05) is 48.5 Å². The second-order valence-corrected chi connectivity index (χ2v) is 33.0. The molecule has 0 aromatic rings. The number of amides is 9. The summed E-state index contributed by atoms with van der Waals surface area (Å²) in [5, 5.41) is 97.5. The van der Waals surface area contributed by atoms with Crippen molar-refractivity contribution in [1.82, 2.24) is 47.9 Å². The number of carboxylic acids is 9. The van der Waals surface area contributed by atoms with Gasteiger partial charge < -0.3 is 136 Å². The van der Waals surface area contributed by atoms with Gasteiger partial charge in [0.15, 0.2) is 11.7 Å². The zero-order valence-electron chi connectivity index (χ0n) is 83.1. The zero-order valence-corrected chi connectivity index (χ0v) is 83.1. The maximum Gasteiger partial charge on any atom is 0.408 e. The number of hydrogen-bond donors (Lipinski definition) is 18. The van der Waals surface area contributed by atoms with E-state index < -0.39 is 154 Å². The second kappa shape index (κ2) is 82.0. The first-order valence-corrected chi connectivity index (χ1v) is 44.0. The molecule has 0 bridgehead atoms. The van der Waals surface area contributed by atoms with E-state index in [0.29, 0.717) is 97.1 Å². The third kappa shape index (κ3) is 114. The molecule has 18 N–H and O–H groups in total. The van der Waals surface area contributed by atoms with Crippen LogP contribution >= 0.6 is 0 Å². The van der Waals surface area contributed by atoms with E-state index in [1.54, 1.807) is 104 Å². The van der Waals surface area contributed by atoms with Crippen molar-refractivity contribution in [2.24, 2.45) is 5.92 Å². The summed E-state index contributed by atoms with van der Waals surface area (Å²) in [6, 6.07) is 0. The van der Waals surface area contributed by atoms with E-state index in [1.165, 1.54) is 12.2 Å². The molecule has 9 amide bonds. The Morgan fingerprint density at radius 2 is 0.615 bits per heavy atom. The van der Waals surface area contributed by atoms with Crippen molar-refractivity contribution in [2.75, 3.05) is 58.9 Å². The van der Waals surface area contributed by atoms with Gasteiger partial charge in [0.2, 0.25) is 0 Å². The Bertz CT molecular complexity index is 3560. The summed E-state index contributed by atoms with van der Waals surface area (Å²) >= 11 is 0. The minimum Gasteiger partial charge on any atom is -0.481 e. The average Bonchev–Trinajstić information content (AvgIpc) is 0.788. The van der Waals surface area contributed by atoms with Crippen molar-refractivity contribution in [2.45, 2.75) is 351 Å². The van der Waals surface area contributed by atoms with Gasteiger partial charge in [-0.1, -0.05) is 79.5 Å². The van der Waals surface area contributed by atoms with Gasteiger partial charge in [-0.2, -0.15) is 0 Å². The molecular weight excluding hydrogens is 1780 g/mol. The smallest absolute Gasteiger partial charge is 0.408 e. The van der Waals surface area contributed by atoms with Gasteiger partial charge in [-0.3, -0.25) is 43.2 Å². The fraction of sp³-hybridized carbons (Fsp3) is 0.711. The number of terminal acetylenes is 2. The highest BCUT2D eigenvalue weighted by Gasteiger charge is 2.30. The molecular formula is C90H159N9O36. The molecule has 780 valence electrons. The maximum atomic E-state index is 11.5. The normalized spacial score (nSPS) is 11.1. The zero-order chi connectivity index (χ0) is 107. The van der Waals surface area contributed by atoms with E-state index in [4.69, 9.17) is 96.7 Å². The molecule has 0 heterocycles. The van der Waals surface area contributed by atoms with Gasteiger partial charge in [-0.05, 0) is 206 Å². The number of rotatable bonds is 51. The van der Waals surface area contributed by atoms with Crippen molar-refractivity contribution in [3.63, 3.8) is 0 Å². The maximum absolute atomic E-state index is 11.5. The van der Waals surface area contributed by atoms with Gasteiger partial charge in [0, 0.05) is 110 Å². The lowest BCUT2D eigenvalue weighted by atomic mass is 9.94. The molecule has 0 rings (SSSR count). The third-order valence-electron chi connectivity index (χ3n) is 16.6. The van der Waals surface area contributed by atoms with E-state index in [9.17, 15) is 86.3 Å². The molecule has 45 heteroatoms. The molecule has 135 heavy (non-hydrogen) atoms. The van der Waals surface area contributed by atoms with Crippen molar-refractivity contribution < 1.29 is 175 Å². The fourth-order valence-corrected chi connectivity index (χ4v) is 8.02. The van der Waals surface area contributed by atoms with Crippen molar-refractivity contribution in [3.8, 4) is 24.7 Å². The van der Waals surface area contributed by atoms with Gasteiger partial charge in [0.05, 0.1) is 6.42 Å². The Morgan fingerprint density at radius 3 is 0.911 bits per heavy atom. The van der Waals surface area contributed by atoms with Gasteiger partial charge >= 0.3 is 109 Å². The molecule has 0 aromatic heterocycles. The highest BCUT2D eigenvalue weighted by Crippen LogP contribution is 2.25. The van der Waals surface area contributed by atoms with Crippen LogP contribution in [-0.2, 0) is 85.8 Å². The quantitative estimate of drug-likeness (QED) is 0.0116. The number of alkyl carbamates (subject to hydrolysis) is 9. The molecule has 0 spiro atoms. The lowest BCUT2D eigenvalue weighted by Crippen LogP contribution is -2.38. The second-order valence-electron chi connectivity index (χ2n) is 33.0. The van der Waals surface area contributed by atoms with Gasteiger partial charge in [-0.25, -0.2) is 43.2 Å². The van der Waals surface area contributed by atoms with E-state index >= 15 is 0 Å². The number of ether oxygens (including phenoxy) is 9. The molecule has 0 aliphatic rings. The molecule has 0 radical (unpaired) electrons. The molecule has 0 saturated heterocycles. The molecule has 45 nitrogen and oxygen atoms in total. The SMILES string of the molecule is C#CC(C)(C)OC(=O)NCCCC(=O)O.C#CC(C)OC(=O)NCCCC(=O)O.C=CC(C)(C)OC(=O)NCCCC(=O)O.C=CC(C)OC(=O)NCCCC(=O)O.CC(C)(C)OC(=O)NCCCCC(=O)O.CC(CNC(=O)OC(C)(C)C)CC(=O)O.CCC(C)(C)OC(=O)NCCC(=O)O.CCC(C)(CC)OC(=O)NCCCC(=O)O.CCC(CC)(CC)OC(=O)NCCCC(=O)O. The van der Waals surface area contributed by atoms with E-state index in [2.05, 4.69) is 77.6 Å². The van der Waals surface area contributed by atoms with Crippen LogP contribution < -0.4 is 47.9 Å². The van der Waals surface area contributed by atoms with Gasteiger partial charge in [0.25, 0.3) is 0 Å². The minimum atomic E-state index is -0.948. The third-order valence-corrected chi connectivity index (χ3v) is 16.6. The van der Waals surface area contributed by atoms with Crippen LogP contribution in [0.15, 0.2) is 25.3 Å². The van der Waals surface area contributed by atoms with Gasteiger partial charge in [0.1, 0.15) is 39.7 Å². The Morgan fingerprint density at radius 1 is 0.326 bits per heavy atom. The molecule has 0 aliphatic carbocycles. The lowest BCUT2D eigenvalue weighted by molar-refractivity contribution is -0.138. The highest BCUT2D eigenvalue weighted by molar-refractivity contribution is 5.74. The lowest BCUT2D eigenvalue weighted by Gasteiger charge is -2.30. The first-order valence-electron chi connectivity index (χ1n) is 44.0. The number of nitrogens with one attached hydrogen (secondary N) is 9. The number of carbonyl (C=O) groups excluding carboxylic acids is 9. The fourth-order valence-electron chi connectivity index (χ4n) is 8.02. The summed E-state index contributed by atoms with van der Waals surface area (Å²) in [7, 11) is 0. The monoisotopic (exact) mass is 1940 g/mol. The predicted molar refractivity (Wildman–Crippen MR) is 498 cm³/mol. The van der Waals surface area contributed by atoms with Crippen LogP contribution in [0.1, 0.15) is 300 Å². The number of unbranched alkanes of at least 4 members (excludes halogenated alkanes) is 1. The van der Waals surface area contributed by atoms with Crippen LogP contribution in [0.3, 0.4) is 0 Å². The molecule has 0 aromatic carbocycles. The van der Waals surface area contributed by atoms with Crippen molar-refractivity contribution in [1.29, 1.82) is 0 Å². The summed E-state index contributed by atoms with van der Waals surface area (Å²) in [6.45, 7) is 49.1. The first-order chi connectivity index (χ1) is 62.2. The number of hydrogen-bond acceptors (Lipinski definition) is 27. The van der Waals surface area contributed by atoms with Crippen LogP contribution in [0.4, 0.5) is 43.2 Å². The van der Waals surface area contributed by atoms with Crippen molar-refractivity contribution in [3.05, 3.63) is 25.3 Å². The summed E-state index contributed by atoms with van der Waals surface area (Å²) in [4.78, 5) is 192. The Hall–Kier alpha value is -12.7. The number of carboxylic acid groups (broad SMARTS) is 9. The molecule has 3 atom stereocenters. The first kappa shape index (κ1) is 140. The Balaban J connectivity index is -0.000000189. The molecule has 0 fully saturated rings. The Kier molecular flexibility index (Phi) is 85.1. The highest BCUT2D eigenvalue weighted by atomic mass is 16.6. The van der Waals surface area contributed by atoms with Crippen molar-refractivity contribution >= 4 is 109 Å². The average molecular weight is 1940 g/mol. The van der Waals surface area contributed by atoms with E-state index in [0.717, 1.165) is 32.1 Å². The summed E-state index contributed by atoms with van der Waals surface area (Å²) in [6.07, 6.45) is 15.8. The van der Waals surface area contributed by atoms with Crippen LogP contribution in [0.5, 0.6) is 0 Å².